The zero-order chi connectivity index (χ0) is 20.5. The summed E-state index contributed by atoms with van der Waals surface area (Å²) in [5.74, 6) is 1.00. The number of imidazole rings is 1. The van der Waals surface area contributed by atoms with Crippen molar-refractivity contribution in [1.29, 1.82) is 0 Å². The Morgan fingerprint density at radius 2 is 1.83 bits per heavy atom. The zero-order valence-corrected chi connectivity index (χ0v) is 16.5. The third kappa shape index (κ3) is 5.81. The van der Waals surface area contributed by atoms with Crippen LogP contribution in [0.25, 0.3) is 11.0 Å². The summed E-state index contributed by atoms with van der Waals surface area (Å²) in [5.41, 5.74) is 1.74. The quantitative estimate of drug-likeness (QED) is 0.422. The standard InChI is InChI=1S/C22H25N3O4/c1-2-28-22(27)15-25-19-12-7-6-11-18(19)24-20(25)13-8-14-23-21(26)16-29-17-9-4-3-5-10-17/h3-7,9-12H,2,8,13-16H2,1H3,(H,23,26). The van der Waals surface area contributed by atoms with Gasteiger partial charge in [-0.2, -0.15) is 0 Å². The highest BCUT2D eigenvalue weighted by atomic mass is 16.5. The molecule has 0 fully saturated rings. The van der Waals surface area contributed by atoms with Crippen LogP contribution in [-0.4, -0.2) is 41.2 Å². The number of fused-ring (bicyclic) bond motifs is 1. The van der Waals surface area contributed by atoms with Crippen LogP contribution in [0.2, 0.25) is 0 Å². The van der Waals surface area contributed by atoms with Gasteiger partial charge in [0.25, 0.3) is 5.91 Å². The molecule has 0 aliphatic carbocycles. The number of esters is 1. The fraction of sp³-hybridized carbons (Fsp3) is 0.318. The second-order valence-corrected chi connectivity index (χ2v) is 6.46. The number of para-hydroxylation sites is 3. The minimum atomic E-state index is -0.289. The summed E-state index contributed by atoms with van der Waals surface area (Å²) in [5, 5.41) is 2.84. The number of hydrogen-bond donors (Lipinski definition) is 1. The van der Waals surface area contributed by atoms with Gasteiger partial charge in [0, 0.05) is 13.0 Å². The van der Waals surface area contributed by atoms with Gasteiger partial charge in [0.15, 0.2) is 6.61 Å². The minimum absolute atomic E-state index is 0.0224. The molecule has 3 rings (SSSR count). The number of carbonyl (C=O) groups is 2. The Balaban J connectivity index is 1.52. The maximum atomic E-state index is 12.0. The molecule has 1 aromatic heterocycles. The van der Waals surface area contributed by atoms with Crippen LogP contribution in [0, 0.1) is 0 Å². The predicted octanol–water partition coefficient (Wildman–Crippen LogP) is 2.73. The summed E-state index contributed by atoms with van der Waals surface area (Å²) in [6, 6.07) is 16.9. The smallest absolute Gasteiger partial charge is 0.326 e. The summed E-state index contributed by atoms with van der Waals surface area (Å²) in [6.45, 7) is 2.73. The van der Waals surface area contributed by atoms with Crippen molar-refractivity contribution in [1.82, 2.24) is 14.9 Å². The van der Waals surface area contributed by atoms with Crippen LogP contribution in [0.1, 0.15) is 19.2 Å². The van der Waals surface area contributed by atoms with E-state index in [0.717, 1.165) is 16.9 Å². The molecule has 0 spiro atoms. The molecule has 3 aromatic rings. The van der Waals surface area contributed by atoms with Gasteiger partial charge in [-0.15, -0.1) is 0 Å². The van der Waals surface area contributed by atoms with Crippen molar-refractivity contribution < 1.29 is 19.1 Å². The molecular formula is C22H25N3O4. The van der Waals surface area contributed by atoms with Gasteiger partial charge in [-0.3, -0.25) is 9.59 Å². The van der Waals surface area contributed by atoms with Gasteiger partial charge in [0.1, 0.15) is 18.1 Å². The van der Waals surface area contributed by atoms with E-state index in [9.17, 15) is 9.59 Å². The molecule has 1 heterocycles. The molecule has 29 heavy (non-hydrogen) atoms. The van der Waals surface area contributed by atoms with Crippen LogP contribution in [0.3, 0.4) is 0 Å². The second-order valence-electron chi connectivity index (χ2n) is 6.46. The van der Waals surface area contributed by atoms with Crippen molar-refractivity contribution in [2.75, 3.05) is 19.8 Å². The van der Waals surface area contributed by atoms with E-state index >= 15 is 0 Å². The Bertz CT molecular complexity index is 953. The number of nitrogens with one attached hydrogen (secondary N) is 1. The highest BCUT2D eigenvalue weighted by Gasteiger charge is 2.14. The lowest BCUT2D eigenvalue weighted by molar-refractivity contribution is -0.143. The molecule has 0 saturated heterocycles. The van der Waals surface area contributed by atoms with E-state index in [1.54, 1.807) is 19.1 Å². The fourth-order valence-electron chi connectivity index (χ4n) is 3.02. The number of amides is 1. The van der Waals surface area contributed by atoms with Crippen molar-refractivity contribution in [2.45, 2.75) is 26.3 Å². The predicted molar refractivity (Wildman–Crippen MR) is 110 cm³/mol. The van der Waals surface area contributed by atoms with E-state index in [2.05, 4.69) is 10.3 Å². The molecule has 7 heteroatoms. The maximum Gasteiger partial charge on any atom is 0.326 e. The van der Waals surface area contributed by atoms with Crippen molar-refractivity contribution >= 4 is 22.9 Å². The Hall–Kier alpha value is -3.35. The summed E-state index contributed by atoms with van der Waals surface area (Å²) in [6.07, 6.45) is 1.33. The molecule has 0 bridgehead atoms. The molecule has 0 atom stereocenters. The highest BCUT2D eigenvalue weighted by Crippen LogP contribution is 2.17. The number of nitrogens with zero attached hydrogens (tertiary/aromatic N) is 2. The Morgan fingerprint density at radius 1 is 1.07 bits per heavy atom. The number of benzene rings is 2. The van der Waals surface area contributed by atoms with E-state index in [1.807, 2.05) is 47.0 Å². The molecule has 7 nitrogen and oxygen atoms in total. The third-order valence-electron chi connectivity index (χ3n) is 4.34. The molecule has 152 valence electrons. The van der Waals surface area contributed by atoms with Crippen molar-refractivity contribution in [2.24, 2.45) is 0 Å². The summed E-state index contributed by atoms with van der Waals surface area (Å²) in [4.78, 5) is 28.5. The van der Waals surface area contributed by atoms with E-state index in [0.29, 0.717) is 31.7 Å². The topological polar surface area (TPSA) is 82.5 Å². The molecule has 0 radical (unpaired) electrons. The van der Waals surface area contributed by atoms with Crippen molar-refractivity contribution in [3.05, 3.63) is 60.4 Å². The molecule has 0 aliphatic rings. The zero-order valence-electron chi connectivity index (χ0n) is 16.5. The third-order valence-corrected chi connectivity index (χ3v) is 4.34. The Kier molecular flexibility index (Phi) is 7.22. The largest absolute Gasteiger partial charge is 0.484 e. The van der Waals surface area contributed by atoms with Gasteiger partial charge < -0.3 is 19.4 Å². The van der Waals surface area contributed by atoms with Gasteiger partial charge in [-0.1, -0.05) is 30.3 Å². The van der Waals surface area contributed by atoms with Gasteiger partial charge in [0.05, 0.1) is 17.6 Å². The second kappa shape index (κ2) is 10.3. The molecule has 1 amide bonds. The van der Waals surface area contributed by atoms with Gasteiger partial charge >= 0.3 is 5.97 Å². The Labute approximate surface area is 169 Å². The van der Waals surface area contributed by atoms with Gasteiger partial charge in [-0.25, -0.2) is 4.98 Å². The molecule has 0 aliphatic heterocycles. The van der Waals surface area contributed by atoms with Crippen LogP contribution in [0.5, 0.6) is 5.75 Å². The first-order valence-electron chi connectivity index (χ1n) is 9.71. The number of carbonyl (C=O) groups excluding carboxylic acids is 2. The monoisotopic (exact) mass is 395 g/mol. The molecule has 0 saturated carbocycles. The first kappa shape index (κ1) is 20.4. The lowest BCUT2D eigenvalue weighted by Gasteiger charge is -2.10. The summed E-state index contributed by atoms with van der Waals surface area (Å²) >= 11 is 0. The molecule has 2 aromatic carbocycles. The van der Waals surface area contributed by atoms with Crippen molar-refractivity contribution in [3.8, 4) is 5.75 Å². The van der Waals surface area contributed by atoms with Crippen molar-refractivity contribution in [3.63, 3.8) is 0 Å². The normalized spacial score (nSPS) is 10.7. The molecule has 0 unspecified atom stereocenters. The fourth-order valence-corrected chi connectivity index (χ4v) is 3.02. The minimum Gasteiger partial charge on any atom is -0.484 e. The number of rotatable bonds is 10. The SMILES string of the molecule is CCOC(=O)Cn1c(CCCNC(=O)COc2ccccc2)nc2ccccc21. The van der Waals surface area contributed by atoms with Crippen LogP contribution in [0.4, 0.5) is 0 Å². The van der Waals surface area contributed by atoms with E-state index < -0.39 is 0 Å². The number of ether oxygens (including phenoxy) is 2. The van der Waals surface area contributed by atoms with Crippen LogP contribution >= 0.6 is 0 Å². The van der Waals surface area contributed by atoms with Crippen LogP contribution in [0.15, 0.2) is 54.6 Å². The molecule has 1 N–H and O–H groups in total. The van der Waals surface area contributed by atoms with Crippen LogP contribution in [-0.2, 0) is 27.3 Å². The highest BCUT2D eigenvalue weighted by molar-refractivity contribution is 5.79. The summed E-state index contributed by atoms with van der Waals surface area (Å²) in [7, 11) is 0. The first-order valence-corrected chi connectivity index (χ1v) is 9.71. The molecular weight excluding hydrogens is 370 g/mol. The number of aryl methyl sites for hydroxylation is 1. The Morgan fingerprint density at radius 3 is 2.62 bits per heavy atom. The average Bonchev–Trinajstić information content (AvgIpc) is 3.08. The lowest BCUT2D eigenvalue weighted by Crippen LogP contribution is -2.30. The number of aromatic nitrogens is 2. The lowest BCUT2D eigenvalue weighted by atomic mass is 10.3. The average molecular weight is 395 g/mol. The van der Waals surface area contributed by atoms with E-state index in [4.69, 9.17) is 9.47 Å². The van der Waals surface area contributed by atoms with Gasteiger partial charge in [-0.05, 0) is 37.6 Å². The maximum absolute atomic E-state index is 12.0. The summed E-state index contributed by atoms with van der Waals surface area (Å²) < 4.78 is 12.4. The number of hydrogen-bond acceptors (Lipinski definition) is 5. The van der Waals surface area contributed by atoms with Gasteiger partial charge in [0.2, 0.25) is 0 Å². The van der Waals surface area contributed by atoms with E-state index in [1.165, 1.54) is 0 Å². The van der Waals surface area contributed by atoms with E-state index in [-0.39, 0.29) is 25.0 Å². The first-order chi connectivity index (χ1) is 14.2. The van der Waals surface area contributed by atoms with Crippen LogP contribution < -0.4 is 10.1 Å².